The summed E-state index contributed by atoms with van der Waals surface area (Å²) in [4.78, 5) is 10.5. The summed E-state index contributed by atoms with van der Waals surface area (Å²) in [7, 11) is 0. The molecule has 0 atom stereocenters. The molecule has 19 heavy (non-hydrogen) atoms. The van der Waals surface area contributed by atoms with E-state index in [9.17, 15) is 14.5 Å². The molecule has 0 saturated heterocycles. The summed E-state index contributed by atoms with van der Waals surface area (Å²) in [5.41, 5.74) is 0.495. The lowest BCUT2D eigenvalue weighted by atomic mass is 10.2. The van der Waals surface area contributed by atoms with Gasteiger partial charge in [0.05, 0.1) is 9.82 Å². The molecule has 6 heteroatoms. The molecule has 0 N–H and O–H groups in total. The SMILES string of the molecule is O=[N+]([O-])c1c(F)cccc1SCc1ccc(Cl)cc1. The number of nitro benzene ring substituents is 1. The predicted molar refractivity (Wildman–Crippen MR) is 74.1 cm³/mol. The highest BCUT2D eigenvalue weighted by Crippen LogP contribution is 2.33. The van der Waals surface area contributed by atoms with E-state index in [-0.39, 0.29) is 0 Å². The van der Waals surface area contributed by atoms with Gasteiger partial charge in [0.2, 0.25) is 5.82 Å². The van der Waals surface area contributed by atoms with Crippen LogP contribution in [0.5, 0.6) is 0 Å². The Morgan fingerprint density at radius 1 is 1.21 bits per heavy atom. The van der Waals surface area contributed by atoms with Crippen molar-refractivity contribution in [1.29, 1.82) is 0 Å². The molecule has 2 rings (SSSR count). The van der Waals surface area contributed by atoms with Crippen molar-refractivity contribution in [1.82, 2.24) is 0 Å². The molecule has 0 bridgehead atoms. The fourth-order valence-corrected chi connectivity index (χ4v) is 2.66. The average molecular weight is 298 g/mol. The first-order valence-electron chi connectivity index (χ1n) is 5.38. The zero-order valence-corrected chi connectivity index (χ0v) is 11.2. The van der Waals surface area contributed by atoms with Crippen LogP contribution in [0.25, 0.3) is 0 Å². The monoisotopic (exact) mass is 297 g/mol. The van der Waals surface area contributed by atoms with Crippen molar-refractivity contribution < 1.29 is 9.31 Å². The van der Waals surface area contributed by atoms with Crippen LogP contribution in [0.3, 0.4) is 0 Å². The van der Waals surface area contributed by atoms with E-state index in [0.29, 0.717) is 15.7 Å². The predicted octanol–water partition coefficient (Wildman–Crippen LogP) is 4.68. The summed E-state index contributed by atoms with van der Waals surface area (Å²) < 4.78 is 13.4. The van der Waals surface area contributed by atoms with Crippen LogP contribution in [-0.2, 0) is 5.75 Å². The number of hydrogen-bond acceptors (Lipinski definition) is 3. The lowest BCUT2D eigenvalue weighted by Crippen LogP contribution is -1.95. The fraction of sp³-hybridized carbons (Fsp3) is 0.0769. The Morgan fingerprint density at radius 3 is 2.53 bits per heavy atom. The molecular weight excluding hydrogens is 289 g/mol. The number of thioether (sulfide) groups is 1. The van der Waals surface area contributed by atoms with E-state index in [0.717, 1.165) is 11.6 Å². The molecule has 0 aliphatic heterocycles. The molecule has 2 aromatic carbocycles. The summed E-state index contributed by atoms with van der Waals surface area (Å²) in [6.45, 7) is 0. The topological polar surface area (TPSA) is 43.1 Å². The normalized spacial score (nSPS) is 10.4. The zero-order chi connectivity index (χ0) is 13.8. The van der Waals surface area contributed by atoms with Crippen molar-refractivity contribution in [2.45, 2.75) is 10.6 Å². The van der Waals surface area contributed by atoms with Crippen LogP contribution in [0, 0.1) is 15.9 Å². The fourth-order valence-electron chi connectivity index (χ4n) is 1.53. The first-order chi connectivity index (χ1) is 9.08. The lowest BCUT2D eigenvalue weighted by molar-refractivity contribution is -0.390. The Morgan fingerprint density at radius 2 is 1.89 bits per heavy atom. The maximum absolute atomic E-state index is 13.4. The maximum atomic E-state index is 13.4. The van der Waals surface area contributed by atoms with Gasteiger partial charge in [-0.05, 0) is 29.8 Å². The van der Waals surface area contributed by atoms with Gasteiger partial charge in [0.25, 0.3) is 0 Å². The summed E-state index contributed by atoms with van der Waals surface area (Å²) in [5.74, 6) is -0.298. The number of nitro groups is 1. The number of halogens is 2. The molecule has 3 nitrogen and oxygen atoms in total. The number of para-hydroxylation sites is 1. The molecule has 0 aliphatic rings. The van der Waals surface area contributed by atoms with Crippen molar-refractivity contribution >= 4 is 29.1 Å². The lowest BCUT2D eigenvalue weighted by Gasteiger charge is -2.04. The Labute approximate surface area is 118 Å². The number of benzene rings is 2. The van der Waals surface area contributed by atoms with E-state index in [2.05, 4.69) is 0 Å². The summed E-state index contributed by atoms with van der Waals surface area (Å²) in [6.07, 6.45) is 0. The largest absolute Gasteiger partial charge is 0.318 e. The second-order valence-electron chi connectivity index (χ2n) is 3.76. The highest BCUT2D eigenvalue weighted by Gasteiger charge is 2.19. The molecule has 0 amide bonds. The van der Waals surface area contributed by atoms with Crippen LogP contribution in [0.4, 0.5) is 10.1 Å². The second kappa shape index (κ2) is 6.04. The van der Waals surface area contributed by atoms with Crippen molar-refractivity contribution in [2.24, 2.45) is 0 Å². The van der Waals surface area contributed by atoms with E-state index >= 15 is 0 Å². The van der Waals surface area contributed by atoms with Crippen molar-refractivity contribution in [2.75, 3.05) is 0 Å². The van der Waals surface area contributed by atoms with Gasteiger partial charge in [-0.1, -0.05) is 29.8 Å². The van der Waals surface area contributed by atoms with Crippen LogP contribution in [0.1, 0.15) is 5.56 Å². The molecule has 0 heterocycles. The molecule has 98 valence electrons. The summed E-state index contributed by atoms with van der Waals surface area (Å²) in [5, 5.41) is 11.5. The highest BCUT2D eigenvalue weighted by molar-refractivity contribution is 7.98. The van der Waals surface area contributed by atoms with Gasteiger partial charge in [-0.25, -0.2) is 0 Å². The van der Waals surface area contributed by atoms with Crippen LogP contribution in [0.15, 0.2) is 47.4 Å². The summed E-state index contributed by atoms with van der Waals surface area (Å²) in [6, 6.07) is 11.3. The minimum atomic E-state index is -0.814. The summed E-state index contributed by atoms with van der Waals surface area (Å²) >= 11 is 6.99. The van der Waals surface area contributed by atoms with E-state index in [1.54, 1.807) is 18.2 Å². The zero-order valence-electron chi connectivity index (χ0n) is 9.68. The molecular formula is C13H9ClFNO2S. The third-order valence-corrected chi connectivity index (χ3v) is 3.81. The molecule has 0 aliphatic carbocycles. The van der Waals surface area contributed by atoms with Gasteiger partial charge in [0, 0.05) is 10.8 Å². The minimum absolute atomic E-state index is 0.319. The van der Waals surface area contributed by atoms with Gasteiger partial charge in [-0.15, -0.1) is 11.8 Å². The van der Waals surface area contributed by atoms with Crippen LogP contribution in [0.2, 0.25) is 5.02 Å². The standard InChI is InChI=1S/C13H9ClFNO2S/c14-10-6-4-9(5-7-10)8-19-12-3-1-2-11(15)13(12)16(17)18/h1-7H,8H2. The smallest absolute Gasteiger partial charge is 0.258 e. The second-order valence-corrected chi connectivity index (χ2v) is 5.21. The van der Waals surface area contributed by atoms with E-state index in [1.807, 2.05) is 12.1 Å². The van der Waals surface area contributed by atoms with Crippen LogP contribution in [-0.4, -0.2) is 4.92 Å². The van der Waals surface area contributed by atoms with Gasteiger partial charge in [-0.3, -0.25) is 10.1 Å². The van der Waals surface area contributed by atoms with Gasteiger partial charge in [0.1, 0.15) is 0 Å². The molecule has 0 spiro atoms. The Balaban J connectivity index is 2.18. The van der Waals surface area contributed by atoms with E-state index < -0.39 is 16.4 Å². The quantitative estimate of drug-likeness (QED) is 0.467. The molecule has 0 aromatic heterocycles. The maximum Gasteiger partial charge on any atom is 0.318 e. The number of hydrogen-bond donors (Lipinski definition) is 0. The van der Waals surface area contributed by atoms with E-state index in [4.69, 9.17) is 11.6 Å². The Kier molecular flexibility index (Phi) is 4.39. The van der Waals surface area contributed by atoms with E-state index in [1.165, 1.54) is 17.8 Å². The van der Waals surface area contributed by atoms with Gasteiger partial charge < -0.3 is 0 Å². The van der Waals surface area contributed by atoms with Crippen molar-refractivity contribution in [3.8, 4) is 0 Å². The Hall–Kier alpha value is -1.59. The molecule has 2 aromatic rings. The average Bonchev–Trinajstić information content (AvgIpc) is 2.37. The molecule has 0 saturated carbocycles. The first-order valence-corrected chi connectivity index (χ1v) is 6.74. The minimum Gasteiger partial charge on any atom is -0.258 e. The van der Waals surface area contributed by atoms with Gasteiger partial charge in [-0.2, -0.15) is 4.39 Å². The van der Waals surface area contributed by atoms with Gasteiger partial charge in [0.15, 0.2) is 0 Å². The number of nitrogens with zero attached hydrogens (tertiary/aromatic N) is 1. The number of rotatable bonds is 4. The molecule has 0 unspecified atom stereocenters. The Bertz CT molecular complexity index is 604. The molecule has 0 fully saturated rings. The third-order valence-electron chi connectivity index (χ3n) is 2.44. The third kappa shape index (κ3) is 3.45. The van der Waals surface area contributed by atoms with Crippen LogP contribution < -0.4 is 0 Å². The highest BCUT2D eigenvalue weighted by atomic mass is 35.5. The van der Waals surface area contributed by atoms with Crippen molar-refractivity contribution in [3.05, 3.63) is 69.0 Å². The molecule has 0 radical (unpaired) electrons. The van der Waals surface area contributed by atoms with Crippen molar-refractivity contribution in [3.63, 3.8) is 0 Å². The van der Waals surface area contributed by atoms with Crippen LogP contribution >= 0.6 is 23.4 Å². The first kappa shape index (κ1) is 13.8. The van der Waals surface area contributed by atoms with Gasteiger partial charge >= 0.3 is 5.69 Å².